The predicted molar refractivity (Wildman–Crippen MR) is 92.4 cm³/mol. The van der Waals surface area contributed by atoms with Crippen molar-refractivity contribution in [2.75, 3.05) is 11.9 Å². The highest BCUT2D eigenvalue weighted by molar-refractivity contribution is 5.87. The lowest BCUT2D eigenvalue weighted by molar-refractivity contribution is -0.119. The van der Waals surface area contributed by atoms with Crippen LogP contribution in [-0.4, -0.2) is 23.7 Å². The summed E-state index contributed by atoms with van der Waals surface area (Å²) in [5.74, 6) is -0.210. The third kappa shape index (κ3) is 4.14. The number of benzene rings is 2. The van der Waals surface area contributed by atoms with E-state index >= 15 is 0 Å². The molecular formula is C18H16N4O. The summed E-state index contributed by atoms with van der Waals surface area (Å²) in [7, 11) is 0. The van der Waals surface area contributed by atoms with Crippen LogP contribution in [0.3, 0.4) is 0 Å². The highest BCUT2D eigenvalue weighted by Gasteiger charge is 2.00. The zero-order chi connectivity index (χ0) is 15.9. The van der Waals surface area contributed by atoms with Gasteiger partial charge in [-0.1, -0.05) is 36.4 Å². The molecule has 0 radical (unpaired) electrons. The first-order chi connectivity index (χ1) is 11.3. The third-order valence-corrected chi connectivity index (χ3v) is 3.29. The fraction of sp³-hybridized carbons (Fsp3) is 0.0556. The molecule has 3 aromatic rings. The van der Waals surface area contributed by atoms with Gasteiger partial charge in [-0.05, 0) is 29.0 Å². The van der Waals surface area contributed by atoms with Crippen molar-refractivity contribution in [1.82, 2.24) is 10.4 Å². The van der Waals surface area contributed by atoms with Crippen LogP contribution in [0, 0.1) is 0 Å². The van der Waals surface area contributed by atoms with E-state index in [1.807, 2.05) is 48.5 Å². The molecule has 0 atom stereocenters. The van der Waals surface area contributed by atoms with E-state index in [4.69, 9.17) is 0 Å². The minimum Gasteiger partial charge on any atom is -0.376 e. The van der Waals surface area contributed by atoms with Crippen LogP contribution in [0.4, 0.5) is 5.69 Å². The van der Waals surface area contributed by atoms with Gasteiger partial charge in [0.15, 0.2) is 0 Å². The van der Waals surface area contributed by atoms with Crippen LogP contribution in [0.25, 0.3) is 10.8 Å². The molecule has 5 heteroatoms. The number of carbonyl (C=O) groups excluding carboxylic acids is 1. The van der Waals surface area contributed by atoms with E-state index < -0.39 is 0 Å². The Labute approximate surface area is 134 Å². The number of hydrogen-bond donors (Lipinski definition) is 2. The van der Waals surface area contributed by atoms with Crippen molar-refractivity contribution < 1.29 is 4.79 Å². The van der Waals surface area contributed by atoms with Gasteiger partial charge in [0.05, 0.1) is 12.8 Å². The highest BCUT2D eigenvalue weighted by atomic mass is 16.2. The van der Waals surface area contributed by atoms with Gasteiger partial charge in [-0.15, -0.1) is 0 Å². The molecular weight excluding hydrogens is 288 g/mol. The summed E-state index contributed by atoms with van der Waals surface area (Å²) in [6.07, 6.45) is 4.91. The Kier molecular flexibility index (Phi) is 4.59. The van der Waals surface area contributed by atoms with Crippen LogP contribution in [0.15, 0.2) is 72.1 Å². The second-order valence-corrected chi connectivity index (χ2v) is 5.00. The van der Waals surface area contributed by atoms with Crippen molar-refractivity contribution in [3.05, 3.63) is 72.6 Å². The normalized spacial score (nSPS) is 10.8. The predicted octanol–water partition coefficient (Wildman–Crippen LogP) is 2.80. The summed E-state index contributed by atoms with van der Waals surface area (Å²) >= 11 is 0. The molecule has 0 fully saturated rings. The van der Waals surface area contributed by atoms with Gasteiger partial charge in [0.2, 0.25) is 0 Å². The molecule has 2 aromatic carbocycles. The Morgan fingerprint density at radius 1 is 1.09 bits per heavy atom. The summed E-state index contributed by atoms with van der Waals surface area (Å²) in [6, 6.07) is 17.7. The first kappa shape index (κ1) is 14.7. The number of pyridine rings is 1. The lowest BCUT2D eigenvalue weighted by Gasteiger charge is -2.06. The standard InChI is InChI=1S/C18H16N4O/c23-18(22-21-12-14-4-3-9-19-11-14)13-20-17-8-7-15-5-1-2-6-16(15)10-17/h1-12,20H,13H2,(H,22,23)/b21-12+. The molecule has 114 valence electrons. The molecule has 0 bridgehead atoms. The number of carbonyl (C=O) groups is 1. The van der Waals surface area contributed by atoms with Crippen LogP contribution in [0.1, 0.15) is 5.56 Å². The molecule has 0 aliphatic rings. The zero-order valence-electron chi connectivity index (χ0n) is 12.4. The lowest BCUT2D eigenvalue weighted by Crippen LogP contribution is -2.25. The molecule has 1 aromatic heterocycles. The van der Waals surface area contributed by atoms with Crippen LogP contribution in [0.2, 0.25) is 0 Å². The molecule has 3 rings (SSSR count). The van der Waals surface area contributed by atoms with Crippen molar-refractivity contribution in [1.29, 1.82) is 0 Å². The number of anilines is 1. The number of fused-ring (bicyclic) bond motifs is 1. The van der Waals surface area contributed by atoms with E-state index in [0.717, 1.165) is 16.6 Å². The quantitative estimate of drug-likeness (QED) is 0.562. The minimum atomic E-state index is -0.210. The van der Waals surface area contributed by atoms with Crippen LogP contribution >= 0.6 is 0 Å². The van der Waals surface area contributed by atoms with Gasteiger partial charge in [-0.3, -0.25) is 9.78 Å². The SMILES string of the molecule is O=C(CNc1ccc2ccccc2c1)N/N=C/c1cccnc1. The Bertz CT molecular complexity index is 831. The lowest BCUT2D eigenvalue weighted by atomic mass is 10.1. The topological polar surface area (TPSA) is 66.4 Å². The van der Waals surface area contributed by atoms with Crippen molar-refractivity contribution in [3.63, 3.8) is 0 Å². The average molecular weight is 304 g/mol. The fourth-order valence-electron chi connectivity index (χ4n) is 2.15. The highest BCUT2D eigenvalue weighted by Crippen LogP contribution is 2.18. The average Bonchev–Trinajstić information content (AvgIpc) is 2.61. The van der Waals surface area contributed by atoms with Crippen molar-refractivity contribution in [3.8, 4) is 0 Å². The summed E-state index contributed by atoms with van der Waals surface area (Å²) in [4.78, 5) is 15.7. The van der Waals surface area contributed by atoms with E-state index in [2.05, 4.69) is 26.9 Å². The third-order valence-electron chi connectivity index (χ3n) is 3.29. The van der Waals surface area contributed by atoms with Gasteiger partial charge < -0.3 is 5.32 Å². The smallest absolute Gasteiger partial charge is 0.259 e. The second kappa shape index (κ2) is 7.17. The maximum absolute atomic E-state index is 11.8. The van der Waals surface area contributed by atoms with Gasteiger partial charge in [-0.2, -0.15) is 5.10 Å². The number of nitrogens with zero attached hydrogens (tertiary/aromatic N) is 2. The van der Waals surface area contributed by atoms with Crippen molar-refractivity contribution in [2.45, 2.75) is 0 Å². The number of hydrogen-bond acceptors (Lipinski definition) is 4. The maximum atomic E-state index is 11.8. The molecule has 23 heavy (non-hydrogen) atoms. The van der Waals surface area contributed by atoms with E-state index in [1.165, 1.54) is 5.39 Å². The molecule has 0 aliphatic heterocycles. The van der Waals surface area contributed by atoms with E-state index in [0.29, 0.717) is 0 Å². The Morgan fingerprint density at radius 3 is 2.78 bits per heavy atom. The van der Waals surface area contributed by atoms with Crippen LogP contribution in [0.5, 0.6) is 0 Å². The summed E-state index contributed by atoms with van der Waals surface area (Å²) in [6.45, 7) is 0.155. The van der Waals surface area contributed by atoms with Gasteiger partial charge in [-0.25, -0.2) is 5.43 Å². The maximum Gasteiger partial charge on any atom is 0.259 e. The first-order valence-electron chi connectivity index (χ1n) is 7.26. The number of amides is 1. The Hall–Kier alpha value is -3.21. The summed E-state index contributed by atoms with van der Waals surface area (Å²) in [5.41, 5.74) is 4.21. The van der Waals surface area contributed by atoms with Crippen LogP contribution < -0.4 is 10.7 Å². The summed E-state index contributed by atoms with van der Waals surface area (Å²) in [5, 5.41) is 9.29. The monoisotopic (exact) mass is 304 g/mol. The fourth-order valence-corrected chi connectivity index (χ4v) is 2.15. The minimum absolute atomic E-state index is 0.155. The van der Waals surface area contributed by atoms with Gasteiger partial charge in [0.25, 0.3) is 5.91 Å². The van der Waals surface area contributed by atoms with Crippen molar-refractivity contribution >= 4 is 28.6 Å². The number of rotatable bonds is 5. The van der Waals surface area contributed by atoms with Crippen LogP contribution in [-0.2, 0) is 4.79 Å². The second-order valence-electron chi connectivity index (χ2n) is 5.00. The molecule has 0 saturated heterocycles. The van der Waals surface area contributed by atoms with E-state index in [9.17, 15) is 4.79 Å². The first-order valence-corrected chi connectivity index (χ1v) is 7.26. The molecule has 0 spiro atoms. The van der Waals surface area contributed by atoms with Gasteiger partial charge in [0.1, 0.15) is 0 Å². The zero-order valence-corrected chi connectivity index (χ0v) is 12.4. The molecule has 5 nitrogen and oxygen atoms in total. The Balaban J connectivity index is 1.52. The van der Waals surface area contributed by atoms with E-state index in [-0.39, 0.29) is 12.5 Å². The molecule has 0 saturated carbocycles. The van der Waals surface area contributed by atoms with E-state index in [1.54, 1.807) is 18.6 Å². The number of nitrogens with one attached hydrogen (secondary N) is 2. The van der Waals surface area contributed by atoms with Crippen molar-refractivity contribution in [2.24, 2.45) is 5.10 Å². The number of hydrazone groups is 1. The summed E-state index contributed by atoms with van der Waals surface area (Å²) < 4.78 is 0. The molecule has 1 heterocycles. The molecule has 0 aliphatic carbocycles. The molecule has 1 amide bonds. The van der Waals surface area contributed by atoms with Gasteiger partial charge in [0, 0.05) is 23.6 Å². The molecule has 0 unspecified atom stereocenters. The largest absolute Gasteiger partial charge is 0.376 e. The van der Waals surface area contributed by atoms with Gasteiger partial charge >= 0.3 is 0 Å². The Morgan fingerprint density at radius 2 is 1.96 bits per heavy atom. The molecule has 2 N–H and O–H groups in total. The number of aromatic nitrogens is 1.